The Labute approximate surface area is 150 Å². The van der Waals surface area contributed by atoms with Crippen molar-refractivity contribution < 1.29 is 13.2 Å². The predicted molar refractivity (Wildman–Crippen MR) is 98.8 cm³/mol. The molecule has 1 aliphatic rings. The number of guanidine groups is 1. The maximum absolute atomic E-state index is 11.3. The highest BCUT2D eigenvalue weighted by Gasteiger charge is 2.36. The standard InChI is InChI=1S/C17H28N4O3S/c1-19-16(21-13-17(8-3-9-17)10-11-24-2)20-12-14-4-6-15(7-5-14)25(18,22)23/h4-7H,3,8-13H2,1-2H3,(H2,18,22,23)(H2,19,20,21). The van der Waals surface area contributed by atoms with Crippen molar-refractivity contribution in [2.24, 2.45) is 15.5 Å². The second kappa shape index (κ2) is 8.64. The van der Waals surface area contributed by atoms with E-state index >= 15 is 0 Å². The SMILES string of the molecule is CN=C(NCc1ccc(S(N)(=O)=O)cc1)NCC1(CCOC)CCC1. The van der Waals surface area contributed by atoms with Crippen molar-refractivity contribution >= 4 is 16.0 Å². The minimum absolute atomic E-state index is 0.115. The molecule has 0 radical (unpaired) electrons. The fourth-order valence-corrected chi connectivity index (χ4v) is 3.50. The molecule has 0 aliphatic heterocycles. The highest BCUT2D eigenvalue weighted by atomic mass is 32.2. The van der Waals surface area contributed by atoms with Crippen LogP contribution in [0, 0.1) is 5.41 Å². The first-order chi connectivity index (χ1) is 11.9. The van der Waals surface area contributed by atoms with Gasteiger partial charge >= 0.3 is 0 Å². The fourth-order valence-electron chi connectivity index (χ4n) is 2.99. The molecule has 7 nitrogen and oxygen atoms in total. The fraction of sp³-hybridized carbons (Fsp3) is 0.588. The molecule has 1 saturated carbocycles. The number of nitrogens with one attached hydrogen (secondary N) is 2. The largest absolute Gasteiger partial charge is 0.385 e. The monoisotopic (exact) mass is 368 g/mol. The maximum atomic E-state index is 11.3. The van der Waals surface area contributed by atoms with Crippen LogP contribution in [0.25, 0.3) is 0 Å². The Hall–Kier alpha value is -1.64. The quantitative estimate of drug-likeness (QED) is 0.472. The van der Waals surface area contributed by atoms with E-state index in [1.807, 2.05) is 0 Å². The number of nitrogens with zero attached hydrogens (tertiary/aromatic N) is 1. The molecule has 140 valence electrons. The van der Waals surface area contributed by atoms with Crippen molar-refractivity contribution in [1.82, 2.24) is 10.6 Å². The van der Waals surface area contributed by atoms with E-state index in [0.717, 1.165) is 31.1 Å². The molecular weight excluding hydrogens is 340 g/mol. The van der Waals surface area contributed by atoms with E-state index in [9.17, 15) is 8.42 Å². The smallest absolute Gasteiger partial charge is 0.238 e. The lowest BCUT2D eigenvalue weighted by Crippen LogP contribution is -2.46. The number of nitrogens with two attached hydrogens (primary N) is 1. The van der Waals surface area contributed by atoms with Gasteiger partial charge in [-0.05, 0) is 42.4 Å². The molecule has 0 bridgehead atoms. The number of benzene rings is 1. The molecule has 0 atom stereocenters. The highest BCUT2D eigenvalue weighted by molar-refractivity contribution is 7.89. The summed E-state index contributed by atoms with van der Waals surface area (Å²) < 4.78 is 27.8. The van der Waals surface area contributed by atoms with Gasteiger partial charge in [-0.1, -0.05) is 18.6 Å². The molecular formula is C17H28N4O3S. The number of aliphatic imine (C=N–C) groups is 1. The molecule has 1 aliphatic carbocycles. The van der Waals surface area contributed by atoms with Crippen LogP contribution in [0.1, 0.15) is 31.2 Å². The molecule has 1 aromatic carbocycles. The summed E-state index contributed by atoms with van der Waals surface area (Å²) in [6.45, 7) is 2.21. The summed E-state index contributed by atoms with van der Waals surface area (Å²) in [5.41, 5.74) is 1.26. The summed E-state index contributed by atoms with van der Waals surface area (Å²) in [4.78, 5) is 4.36. The molecule has 1 aromatic rings. The minimum Gasteiger partial charge on any atom is -0.385 e. The van der Waals surface area contributed by atoms with Gasteiger partial charge in [0.15, 0.2) is 5.96 Å². The first-order valence-corrected chi connectivity index (χ1v) is 9.98. The number of hydrogen-bond acceptors (Lipinski definition) is 4. The second-order valence-electron chi connectivity index (χ2n) is 6.56. The van der Waals surface area contributed by atoms with Crippen LogP contribution in [0.15, 0.2) is 34.2 Å². The lowest BCUT2D eigenvalue weighted by atomic mass is 9.67. The third kappa shape index (κ3) is 5.69. The minimum atomic E-state index is -3.65. The average molecular weight is 369 g/mol. The molecule has 0 unspecified atom stereocenters. The van der Waals surface area contributed by atoms with Gasteiger partial charge in [0.25, 0.3) is 0 Å². The van der Waals surface area contributed by atoms with Crippen molar-refractivity contribution in [3.8, 4) is 0 Å². The number of rotatable bonds is 8. The lowest BCUT2D eigenvalue weighted by Gasteiger charge is -2.42. The van der Waals surface area contributed by atoms with Gasteiger partial charge in [-0.15, -0.1) is 0 Å². The van der Waals surface area contributed by atoms with Gasteiger partial charge in [-0.25, -0.2) is 13.6 Å². The molecule has 8 heteroatoms. The molecule has 0 amide bonds. The van der Waals surface area contributed by atoms with Crippen LogP contribution < -0.4 is 15.8 Å². The van der Waals surface area contributed by atoms with Gasteiger partial charge in [0, 0.05) is 33.9 Å². The summed E-state index contributed by atoms with van der Waals surface area (Å²) in [7, 11) is -0.176. The van der Waals surface area contributed by atoms with E-state index in [-0.39, 0.29) is 4.90 Å². The van der Waals surface area contributed by atoms with Crippen LogP contribution in [0.2, 0.25) is 0 Å². The van der Waals surface area contributed by atoms with Crippen molar-refractivity contribution in [3.05, 3.63) is 29.8 Å². The molecule has 1 fully saturated rings. The number of hydrogen-bond donors (Lipinski definition) is 3. The van der Waals surface area contributed by atoms with Crippen LogP contribution in [0.3, 0.4) is 0 Å². The van der Waals surface area contributed by atoms with Crippen molar-refractivity contribution in [2.45, 2.75) is 37.1 Å². The van der Waals surface area contributed by atoms with E-state index < -0.39 is 10.0 Å². The molecule has 0 spiro atoms. The van der Waals surface area contributed by atoms with E-state index in [2.05, 4.69) is 15.6 Å². The first-order valence-electron chi connectivity index (χ1n) is 8.44. The lowest BCUT2D eigenvalue weighted by molar-refractivity contribution is 0.0732. The first kappa shape index (κ1) is 19.7. The Kier molecular flexibility index (Phi) is 6.80. The van der Waals surface area contributed by atoms with E-state index in [0.29, 0.717) is 12.0 Å². The maximum Gasteiger partial charge on any atom is 0.238 e. The number of primary sulfonamides is 1. The molecule has 0 aromatic heterocycles. The number of methoxy groups -OCH3 is 1. The number of ether oxygens (including phenoxy) is 1. The van der Waals surface area contributed by atoms with Crippen LogP contribution in [0.5, 0.6) is 0 Å². The van der Waals surface area contributed by atoms with Crippen LogP contribution >= 0.6 is 0 Å². The van der Waals surface area contributed by atoms with Gasteiger partial charge in [-0.3, -0.25) is 4.99 Å². The van der Waals surface area contributed by atoms with Gasteiger partial charge in [-0.2, -0.15) is 0 Å². The summed E-state index contributed by atoms with van der Waals surface area (Å²) >= 11 is 0. The zero-order chi connectivity index (χ0) is 18.3. The van der Waals surface area contributed by atoms with Crippen molar-refractivity contribution in [1.29, 1.82) is 0 Å². The number of sulfonamides is 1. The van der Waals surface area contributed by atoms with Crippen molar-refractivity contribution in [2.75, 3.05) is 27.3 Å². The van der Waals surface area contributed by atoms with Gasteiger partial charge in [0.1, 0.15) is 0 Å². The van der Waals surface area contributed by atoms with Gasteiger partial charge in [0.2, 0.25) is 10.0 Å². The molecule has 0 saturated heterocycles. The summed E-state index contributed by atoms with van der Waals surface area (Å²) in [6, 6.07) is 6.51. The third-order valence-electron chi connectivity index (χ3n) is 4.82. The highest BCUT2D eigenvalue weighted by Crippen LogP contribution is 2.43. The Morgan fingerprint density at radius 1 is 1.28 bits per heavy atom. The average Bonchev–Trinajstić information content (AvgIpc) is 2.55. The molecule has 0 heterocycles. The second-order valence-corrected chi connectivity index (χ2v) is 8.13. The summed E-state index contributed by atoms with van der Waals surface area (Å²) in [6.07, 6.45) is 4.76. The predicted octanol–water partition coefficient (Wildman–Crippen LogP) is 1.21. The Bertz CT molecular complexity index is 682. The van der Waals surface area contributed by atoms with Crippen LogP contribution in [0.4, 0.5) is 0 Å². The third-order valence-corrected chi connectivity index (χ3v) is 5.75. The molecule has 4 N–H and O–H groups in total. The van der Waals surface area contributed by atoms with Crippen molar-refractivity contribution in [3.63, 3.8) is 0 Å². The zero-order valence-electron chi connectivity index (χ0n) is 14.9. The topological polar surface area (TPSA) is 106 Å². The molecule has 2 rings (SSSR count). The van der Waals surface area contributed by atoms with Gasteiger partial charge in [0.05, 0.1) is 4.90 Å². The zero-order valence-corrected chi connectivity index (χ0v) is 15.7. The van der Waals surface area contributed by atoms with E-state index in [4.69, 9.17) is 9.88 Å². The Morgan fingerprint density at radius 3 is 2.44 bits per heavy atom. The molecule has 25 heavy (non-hydrogen) atoms. The summed E-state index contributed by atoms with van der Waals surface area (Å²) in [5, 5.41) is 11.7. The normalized spacial score (nSPS) is 17.0. The van der Waals surface area contributed by atoms with E-state index in [1.54, 1.807) is 26.3 Å². The van der Waals surface area contributed by atoms with Crippen LogP contribution in [-0.4, -0.2) is 41.7 Å². The van der Waals surface area contributed by atoms with Crippen LogP contribution in [-0.2, 0) is 21.3 Å². The Balaban J connectivity index is 1.84. The van der Waals surface area contributed by atoms with Gasteiger partial charge < -0.3 is 15.4 Å². The summed E-state index contributed by atoms with van der Waals surface area (Å²) in [5.74, 6) is 0.735. The van der Waals surface area contributed by atoms with E-state index in [1.165, 1.54) is 31.4 Å². The Morgan fingerprint density at radius 2 is 1.96 bits per heavy atom.